The van der Waals surface area contributed by atoms with Crippen molar-refractivity contribution in [1.29, 1.82) is 0 Å². The average Bonchev–Trinajstić information content (AvgIpc) is 3.03. The summed E-state index contributed by atoms with van der Waals surface area (Å²) < 4.78 is 2.26. The highest BCUT2D eigenvalue weighted by atomic mass is 79.9. The van der Waals surface area contributed by atoms with Gasteiger partial charge < -0.3 is 10.2 Å². The molecule has 0 radical (unpaired) electrons. The Balaban J connectivity index is 2.30. The molecule has 0 saturated heterocycles. The number of benzene rings is 1. The normalized spacial score (nSPS) is 11.1. The number of aromatic hydroxyl groups is 1. The molecule has 0 aliphatic heterocycles. The fourth-order valence-corrected chi connectivity index (χ4v) is 3.96. The number of halogens is 2. The van der Waals surface area contributed by atoms with E-state index in [0.29, 0.717) is 27.7 Å². The summed E-state index contributed by atoms with van der Waals surface area (Å²) in [5.41, 5.74) is 1.95. The van der Waals surface area contributed by atoms with Crippen LogP contribution in [0.2, 0.25) is 5.02 Å². The molecule has 3 aromatic rings. The number of fused-ring (bicyclic) bond motifs is 1. The molecule has 0 spiro atoms. The summed E-state index contributed by atoms with van der Waals surface area (Å²) in [6, 6.07) is 4.58. The number of carboxylic acids is 1. The van der Waals surface area contributed by atoms with E-state index in [1.807, 2.05) is 0 Å². The van der Waals surface area contributed by atoms with Gasteiger partial charge in [0.15, 0.2) is 0 Å². The second-order valence-corrected chi connectivity index (χ2v) is 7.93. The Labute approximate surface area is 154 Å². The lowest BCUT2D eigenvalue weighted by Gasteiger charge is -2.06. The molecule has 2 aromatic heterocycles. The van der Waals surface area contributed by atoms with Crippen LogP contribution in [0.4, 0.5) is 0 Å². The van der Waals surface area contributed by atoms with Gasteiger partial charge in [0.2, 0.25) is 0 Å². The molecule has 0 unspecified atom stereocenters. The Morgan fingerprint density at radius 1 is 1.33 bits per heavy atom. The molecule has 0 saturated carbocycles. The SMILES string of the molecule is Cc1c(CC(=O)O)c2cc(O)c(Cl)cc2n1C(=O)c1csc(Br)c1. The van der Waals surface area contributed by atoms with Crippen LogP contribution >= 0.6 is 38.9 Å². The molecule has 3 rings (SSSR count). The van der Waals surface area contributed by atoms with Crippen LogP contribution in [0, 0.1) is 6.92 Å². The molecule has 8 heteroatoms. The minimum absolute atomic E-state index is 0.0995. The molecule has 5 nitrogen and oxygen atoms in total. The van der Waals surface area contributed by atoms with Gasteiger partial charge in [0.05, 0.1) is 26.3 Å². The maximum atomic E-state index is 12.9. The van der Waals surface area contributed by atoms with Crippen molar-refractivity contribution in [3.05, 3.63) is 49.2 Å². The summed E-state index contributed by atoms with van der Waals surface area (Å²) in [6.45, 7) is 1.68. The van der Waals surface area contributed by atoms with Crippen LogP contribution in [0.15, 0.2) is 27.4 Å². The third-order valence-electron chi connectivity index (χ3n) is 3.75. The first-order chi connectivity index (χ1) is 11.3. The number of aliphatic carboxylic acids is 1. The molecule has 2 heterocycles. The lowest BCUT2D eigenvalue weighted by atomic mass is 10.1. The summed E-state index contributed by atoms with van der Waals surface area (Å²) in [5, 5.41) is 21.3. The van der Waals surface area contributed by atoms with Crippen LogP contribution in [0.25, 0.3) is 10.9 Å². The van der Waals surface area contributed by atoms with Crippen LogP contribution in [-0.2, 0) is 11.2 Å². The number of hydrogen-bond acceptors (Lipinski definition) is 4. The van der Waals surface area contributed by atoms with E-state index >= 15 is 0 Å². The summed E-state index contributed by atoms with van der Waals surface area (Å²) in [4.78, 5) is 24.1. The number of rotatable bonds is 3. The first-order valence-electron chi connectivity index (χ1n) is 6.82. The smallest absolute Gasteiger partial charge is 0.307 e. The van der Waals surface area contributed by atoms with Crippen molar-refractivity contribution in [2.24, 2.45) is 0 Å². The van der Waals surface area contributed by atoms with E-state index in [1.165, 1.54) is 28.0 Å². The highest BCUT2D eigenvalue weighted by molar-refractivity contribution is 9.11. The molecular formula is C16H11BrClNO4S. The lowest BCUT2D eigenvalue weighted by Crippen LogP contribution is -2.13. The van der Waals surface area contributed by atoms with E-state index in [9.17, 15) is 14.7 Å². The number of carbonyl (C=O) groups excluding carboxylic acids is 1. The molecule has 2 N–H and O–H groups in total. The molecule has 1 aromatic carbocycles. The van der Waals surface area contributed by atoms with Crippen molar-refractivity contribution in [2.75, 3.05) is 0 Å². The zero-order chi connectivity index (χ0) is 17.6. The number of phenols is 1. The third kappa shape index (κ3) is 2.83. The largest absolute Gasteiger partial charge is 0.506 e. The highest BCUT2D eigenvalue weighted by Crippen LogP contribution is 2.35. The topological polar surface area (TPSA) is 79.5 Å². The van der Waals surface area contributed by atoms with Crippen molar-refractivity contribution >= 4 is 61.6 Å². The van der Waals surface area contributed by atoms with Crippen LogP contribution in [0.3, 0.4) is 0 Å². The number of carbonyl (C=O) groups is 2. The minimum atomic E-state index is -1.02. The maximum Gasteiger partial charge on any atom is 0.307 e. The van der Waals surface area contributed by atoms with Gasteiger partial charge in [-0.2, -0.15) is 0 Å². The van der Waals surface area contributed by atoms with Crippen molar-refractivity contribution in [1.82, 2.24) is 4.57 Å². The van der Waals surface area contributed by atoms with E-state index in [1.54, 1.807) is 18.4 Å². The number of nitrogens with zero attached hydrogens (tertiary/aromatic N) is 1. The zero-order valence-corrected chi connectivity index (χ0v) is 15.5. The Kier molecular flexibility index (Phi) is 4.42. The van der Waals surface area contributed by atoms with Gasteiger partial charge in [-0.25, -0.2) is 0 Å². The Morgan fingerprint density at radius 3 is 2.62 bits per heavy atom. The van der Waals surface area contributed by atoms with E-state index < -0.39 is 5.97 Å². The van der Waals surface area contributed by atoms with Gasteiger partial charge in [-0.15, -0.1) is 11.3 Å². The molecule has 0 aliphatic carbocycles. The van der Waals surface area contributed by atoms with Gasteiger partial charge in [0.25, 0.3) is 5.91 Å². The Hall–Kier alpha value is -1.83. The Morgan fingerprint density at radius 2 is 2.04 bits per heavy atom. The monoisotopic (exact) mass is 427 g/mol. The van der Waals surface area contributed by atoms with Crippen molar-refractivity contribution in [3.8, 4) is 5.75 Å². The predicted octanol–water partition coefficient (Wildman–Crippen LogP) is 4.45. The molecule has 24 heavy (non-hydrogen) atoms. The number of phenolic OH excluding ortho intramolecular Hbond substituents is 1. The van der Waals surface area contributed by atoms with Gasteiger partial charge in [0.1, 0.15) is 5.75 Å². The second-order valence-electron chi connectivity index (χ2n) is 5.24. The van der Waals surface area contributed by atoms with Gasteiger partial charge in [-0.1, -0.05) is 11.6 Å². The molecule has 0 amide bonds. The minimum Gasteiger partial charge on any atom is -0.506 e. The van der Waals surface area contributed by atoms with Gasteiger partial charge >= 0.3 is 5.97 Å². The highest BCUT2D eigenvalue weighted by Gasteiger charge is 2.23. The van der Waals surface area contributed by atoms with Crippen LogP contribution in [-0.4, -0.2) is 26.7 Å². The van der Waals surface area contributed by atoms with Crippen molar-refractivity contribution in [3.63, 3.8) is 0 Å². The number of aromatic nitrogens is 1. The summed E-state index contributed by atoms with van der Waals surface area (Å²) in [5.74, 6) is -1.45. The maximum absolute atomic E-state index is 12.9. The van der Waals surface area contributed by atoms with Crippen LogP contribution in [0.5, 0.6) is 5.75 Å². The average molecular weight is 429 g/mol. The van der Waals surface area contributed by atoms with E-state index in [0.717, 1.165) is 3.79 Å². The van der Waals surface area contributed by atoms with Crippen molar-refractivity contribution in [2.45, 2.75) is 13.3 Å². The van der Waals surface area contributed by atoms with Crippen LogP contribution < -0.4 is 0 Å². The van der Waals surface area contributed by atoms with E-state index in [-0.39, 0.29) is 23.1 Å². The molecule has 0 fully saturated rings. The number of hydrogen-bond donors (Lipinski definition) is 2. The van der Waals surface area contributed by atoms with Gasteiger partial charge in [-0.3, -0.25) is 14.2 Å². The number of carboxylic acid groups (broad SMARTS) is 1. The molecule has 0 aliphatic rings. The van der Waals surface area contributed by atoms with Gasteiger partial charge in [0, 0.05) is 16.5 Å². The molecule has 0 bridgehead atoms. The van der Waals surface area contributed by atoms with E-state index in [2.05, 4.69) is 15.9 Å². The molecule has 124 valence electrons. The Bertz CT molecular complexity index is 992. The predicted molar refractivity (Wildman–Crippen MR) is 96.4 cm³/mol. The fraction of sp³-hybridized carbons (Fsp3) is 0.125. The number of thiophene rings is 1. The van der Waals surface area contributed by atoms with E-state index in [4.69, 9.17) is 16.7 Å². The first-order valence-corrected chi connectivity index (χ1v) is 8.87. The quantitative estimate of drug-likeness (QED) is 0.646. The molecule has 0 atom stereocenters. The molecular weight excluding hydrogens is 418 g/mol. The standard InChI is InChI=1S/C16H11BrClNO4S/c1-7-9(4-15(21)22)10-3-13(20)11(18)5-12(10)19(7)16(23)8-2-14(17)24-6-8/h2-3,5-6,20H,4H2,1H3,(H,21,22). The zero-order valence-electron chi connectivity index (χ0n) is 12.3. The third-order valence-corrected chi connectivity index (χ3v) is 5.56. The fourth-order valence-electron chi connectivity index (χ4n) is 2.68. The van der Waals surface area contributed by atoms with Gasteiger partial charge in [-0.05, 0) is 46.6 Å². The first kappa shape index (κ1) is 17.0. The van der Waals surface area contributed by atoms with Crippen LogP contribution in [0.1, 0.15) is 21.6 Å². The summed E-state index contributed by atoms with van der Waals surface area (Å²) in [7, 11) is 0. The van der Waals surface area contributed by atoms with Crippen molar-refractivity contribution < 1.29 is 19.8 Å². The summed E-state index contributed by atoms with van der Waals surface area (Å²) >= 11 is 10.7. The summed E-state index contributed by atoms with van der Waals surface area (Å²) in [6.07, 6.45) is -0.253. The lowest BCUT2D eigenvalue weighted by molar-refractivity contribution is -0.136. The second kappa shape index (κ2) is 6.23.